The molecular weight excluding hydrogens is 280 g/mol. The zero-order valence-electron chi connectivity index (χ0n) is 11.1. The Labute approximate surface area is 119 Å². The molecule has 1 heterocycles. The van der Waals surface area contributed by atoms with E-state index >= 15 is 0 Å². The second-order valence-corrected chi connectivity index (χ2v) is 5.04. The summed E-state index contributed by atoms with van der Waals surface area (Å²) in [7, 11) is 0. The summed E-state index contributed by atoms with van der Waals surface area (Å²) in [4.78, 5) is 10.9. The van der Waals surface area contributed by atoms with Crippen LogP contribution in [0.5, 0.6) is 0 Å². The highest BCUT2D eigenvalue weighted by Gasteiger charge is 2.26. The maximum absolute atomic E-state index is 13.0. The summed E-state index contributed by atoms with van der Waals surface area (Å²) < 4.78 is 27.0. The normalized spacial score (nSPS) is 13.7. The predicted octanol–water partition coefficient (Wildman–Crippen LogP) is 2.45. The van der Waals surface area contributed by atoms with Crippen LogP contribution in [0.2, 0.25) is 0 Å². The fourth-order valence-electron chi connectivity index (χ4n) is 2.70. The van der Waals surface area contributed by atoms with E-state index in [4.69, 9.17) is 5.11 Å². The van der Waals surface area contributed by atoms with E-state index in [1.807, 2.05) is 18.2 Å². The lowest BCUT2D eigenvalue weighted by Gasteiger charge is -2.08. The Bertz CT molecular complexity index is 698. The van der Waals surface area contributed by atoms with Gasteiger partial charge < -0.3 is 5.11 Å². The monoisotopic (exact) mass is 293 g/mol. The fraction of sp³-hybridized carbons (Fsp3) is 0.357. The van der Waals surface area contributed by atoms with Crippen LogP contribution in [0, 0.1) is 0 Å². The molecule has 2 aromatic rings. The van der Waals surface area contributed by atoms with Crippen molar-refractivity contribution in [3.05, 3.63) is 46.3 Å². The molecule has 0 fully saturated rings. The molecule has 0 atom stereocenters. The topological polar surface area (TPSA) is 68.0 Å². The first kappa shape index (κ1) is 13.7. The zero-order valence-corrected chi connectivity index (χ0v) is 11.1. The molecule has 0 amide bonds. The largest absolute Gasteiger partial charge is 0.476 e. The van der Waals surface area contributed by atoms with E-state index in [9.17, 15) is 13.6 Å². The van der Waals surface area contributed by atoms with E-state index in [0.29, 0.717) is 0 Å². The van der Waals surface area contributed by atoms with E-state index in [1.54, 1.807) is 0 Å². The Kier molecular flexibility index (Phi) is 3.40. The molecule has 1 aliphatic rings. The predicted molar refractivity (Wildman–Crippen MR) is 69.5 cm³/mol. The molecule has 1 aromatic carbocycles. The van der Waals surface area contributed by atoms with E-state index < -0.39 is 23.8 Å². The first-order valence-electron chi connectivity index (χ1n) is 6.61. The minimum Gasteiger partial charge on any atom is -0.476 e. The number of halogens is 2. The number of aromatic nitrogens is 3. The number of aryl methyl sites for hydroxylation is 2. The van der Waals surface area contributed by atoms with Crippen molar-refractivity contribution in [1.82, 2.24) is 15.0 Å². The van der Waals surface area contributed by atoms with E-state index in [0.717, 1.165) is 29.5 Å². The number of hydrogen-bond donors (Lipinski definition) is 1. The average molecular weight is 293 g/mol. The lowest BCUT2D eigenvalue weighted by molar-refractivity contribution is 0.0675. The number of nitrogens with zero attached hydrogens (tertiary/aromatic N) is 3. The van der Waals surface area contributed by atoms with Gasteiger partial charge in [-0.1, -0.05) is 23.4 Å². The molecule has 0 unspecified atom stereocenters. The molecule has 0 radical (unpaired) electrons. The van der Waals surface area contributed by atoms with Crippen LogP contribution in [0.3, 0.4) is 0 Å². The van der Waals surface area contributed by atoms with Gasteiger partial charge in [0.25, 0.3) is 6.43 Å². The summed E-state index contributed by atoms with van der Waals surface area (Å²) in [5.41, 5.74) is 2.00. The van der Waals surface area contributed by atoms with Crippen LogP contribution in [0.1, 0.15) is 45.7 Å². The molecular formula is C14H13F2N3O2. The molecule has 7 heteroatoms. The molecule has 0 spiro atoms. The number of alkyl halides is 2. The highest BCUT2D eigenvalue weighted by Crippen LogP contribution is 2.25. The maximum Gasteiger partial charge on any atom is 0.358 e. The Hall–Kier alpha value is -2.31. The Morgan fingerprint density at radius 2 is 2.10 bits per heavy atom. The van der Waals surface area contributed by atoms with Gasteiger partial charge in [-0.3, -0.25) is 0 Å². The summed E-state index contributed by atoms with van der Waals surface area (Å²) in [6.45, 7) is 0.0905. The third-order valence-corrected chi connectivity index (χ3v) is 3.68. The van der Waals surface area contributed by atoms with Crippen LogP contribution in [0.15, 0.2) is 18.2 Å². The smallest absolute Gasteiger partial charge is 0.358 e. The van der Waals surface area contributed by atoms with Crippen molar-refractivity contribution in [2.24, 2.45) is 0 Å². The molecule has 5 nitrogen and oxygen atoms in total. The maximum atomic E-state index is 13.0. The van der Waals surface area contributed by atoms with Crippen molar-refractivity contribution in [2.75, 3.05) is 0 Å². The molecule has 0 aliphatic heterocycles. The number of benzene rings is 1. The molecule has 1 aliphatic carbocycles. The Morgan fingerprint density at radius 1 is 1.33 bits per heavy atom. The van der Waals surface area contributed by atoms with Crippen molar-refractivity contribution in [3.8, 4) is 0 Å². The standard InChI is InChI=1S/C14H13F2N3O2/c15-13(16)12-11(14(20)21)17-18-19(12)7-8-4-5-9-2-1-3-10(9)6-8/h4-6,13H,1-3,7H2,(H,20,21). The second-order valence-electron chi connectivity index (χ2n) is 5.04. The summed E-state index contributed by atoms with van der Waals surface area (Å²) in [5, 5.41) is 15.8. The minimum absolute atomic E-state index is 0.0905. The molecule has 110 valence electrons. The van der Waals surface area contributed by atoms with Crippen molar-refractivity contribution >= 4 is 5.97 Å². The van der Waals surface area contributed by atoms with Crippen molar-refractivity contribution in [1.29, 1.82) is 0 Å². The second kappa shape index (κ2) is 5.23. The van der Waals surface area contributed by atoms with Gasteiger partial charge in [0, 0.05) is 0 Å². The number of carbonyl (C=O) groups is 1. The first-order chi connectivity index (χ1) is 10.1. The van der Waals surface area contributed by atoms with E-state index in [2.05, 4.69) is 10.3 Å². The zero-order chi connectivity index (χ0) is 15.0. The molecule has 1 N–H and O–H groups in total. The van der Waals surface area contributed by atoms with Crippen molar-refractivity contribution in [3.63, 3.8) is 0 Å². The van der Waals surface area contributed by atoms with E-state index in [1.165, 1.54) is 11.1 Å². The van der Waals surface area contributed by atoms with E-state index in [-0.39, 0.29) is 6.54 Å². The highest BCUT2D eigenvalue weighted by molar-refractivity contribution is 5.86. The van der Waals surface area contributed by atoms with Crippen LogP contribution in [0.4, 0.5) is 8.78 Å². The lowest BCUT2D eigenvalue weighted by atomic mass is 10.1. The van der Waals surface area contributed by atoms with Gasteiger partial charge in [-0.05, 0) is 36.0 Å². The third kappa shape index (κ3) is 2.51. The Balaban J connectivity index is 1.93. The average Bonchev–Trinajstić information content (AvgIpc) is 3.04. The molecule has 0 bridgehead atoms. The van der Waals surface area contributed by atoms with Crippen molar-refractivity contribution < 1.29 is 18.7 Å². The molecule has 1 aromatic heterocycles. The van der Waals surface area contributed by atoms with Crippen LogP contribution in [-0.2, 0) is 19.4 Å². The Morgan fingerprint density at radius 3 is 2.81 bits per heavy atom. The minimum atomic E-state index is -2.93. The number of carboxylic acid groups (broad SMARTS) is 1. The number of fused-ring (bicyclic) bond motifs is 1. The summed E-state index contributed by atoms with van der Waals surface area (Å²) in [6.07, 6.45) is 0.209. The van der Waals surface area contributed by atoms with Gasteiger partial charge in [0.2, 0.25) is 0 Å². The van der Waals surface area contributed by atoms with Gasteiger partial charge in [0.15, 0.2) is 5.69 Å². The molecule has 21 heavy (non-hydrogen) atoms. The summed E-state index contributed by atoms with van der Waals surface area (Å²) >= 11 is 0. The van der Waals surface area contributed by atoms with Gasteiger partial charge in [-0.15, -0.1) is 5.10 Å². The van der Waals surface area contributed by atoms with Crippen molar-refractivity contribution in [2.45, 2.75) is 32.2 Å². The first-order valence-corrected chi connectivity index (χ1v) is 6.61. The lowest BCUT2D eigenvalue weighted by Crippen LogP contribution is -2.10. The van der Waals surface area contributed by atoms with Gasteiger partial charge in [-0.2, -0.15) is 0 Å². The summed E-state index contributed by atoms with van der Waals surface area (Å²) in [6, 6.07) is 5.83. The van der Waals surface area contributed by atoms with Gasteiger partial charge in [-0.25, -0.2) is 18.3 Å². The van der Waals surface area contributed by atoms with Crippen LogP contribution in [-0.4, -0.2) is 26.1 Å². The third-order valence-electron chi connectivity index (χ3n) is 3.68. The van der Waals surface area contributed by atoms with Gasteiger partial charge in [0.05, 0.1) is 6.54 Å². The molecule has 0 saturated heterocycles. The molecule has 0 saturated carbocycles. The number of rotatable bonds is 4. The number of hydrogen-bond acceptors (Lipinski definition) is 3. The fourth-order valence-corrected chi connectivity index (χ4v) is 2.70. The highest BCUT2D eigenvalue weighted by atomic mass is 19.3. The van der Waals surface area contributed by atoms with Crippen LogP contribution < -0.4 is 0 Å². The van der Waals surface area contributed by atoms with Crippen LogP contribution in [0.25, 0.3) is 0 Å². The molecule has 3 rings (SSSR count). The van der Waals surface area contributed by atoms with Gasteiger partial charge in [0.1, 0.15) is 5.69 Å². The number of carboxylic acids is 1. The summed E-state index contributed by atoms with van der Waals surface area (Å²) in [5.74, 6) is -1.49. The quantitative estimate of drug-likeness (QED) is 0.940. The van der Waals surface area contributed by atoms with Gasteiger partial charge >= 0.3 is 5.97 Å². The van der Waals surface area contributed by atoms with Crippen LogP contribution >= 0.6 is 0 Å². The SMILES string of the molecule is O=C(O)c1nnn(Cc2ccc3c(c2)CCC3)c1C(F)F. The number of aromatic carboxylic acids is 1.